The molecule has 0 fully saturated rings. The zero-order chi connectivity index (χ0) is 17.1. The van der Waals surface area contributed by atoms with E-state index in [0.29, 0.717) is 6.54 Å². The summed E-state index contributed by atoms with van der Waals surface area (Å²) in [5, 5.41) is 0. The Balaban J connectivity index is 3.08. The van der Waals surface area contributed by atoms with E-state index >= 15 is 0 Å². The lowest BCUT2D eigenvalue weighted by molar-refractivity contribution is -0.229. The molecule has 0 aliphatic heterocycles. The zero-order valence-corrected chi connectivity index (χ0v) is 12.6. The number of nitrogens with zero attached hydrogens (tertiary/aromatic N) is 1. The van der Waals surface area contributed by atoms with Gasteiger partial charge < -0.3 is 4.90 Å². The molecule has 1 unspecified atom stereocenters. The number of hydrogen-bond donors (Lipinski definition) is 0. The summed E-state index contributed by atoms with van der Waals surface area (Å²) < 4.78 is 65.6. The summed E-state index contributed by atoms with van der Waals surface area (Å²) in [6.07, 6.45) is -4.72. The van der Waals surface area contributed by atoms with Gasteiger partial charge in [0, 0.05) is 19.2 Å². The molecule has 0 saturated carbocycles. The highest BCUT2D eigenvalue weighted by Crippen LogP contribution is 2.43. The number of carbonyl (C=O) groups is 1. The maximum atomic E-state index is 13.9. The molecular formula is C15H18F5NO. The minimum absolute atomic E-state index is 0.137. The third-order valence-corrected chi connectivity index (χ3v) is 3.41. The number of likely N-dealkylation sites (N-methyl/N-ethyl adjacent to an activating group) is 1. The van der Waals surface area contributed by atoms with Crippen LogP contribution < -0.4 is 0 Å². The summed E-state index contributed by atoms with van der Waals surface area (Å²) in [4.78, 5) is 13.3. The molecule has 0 heterocycles. The van der Waals surface area contributed by atoms with E-state index in [1.165, 1.54) is 11.0 Å². The van der Waals surface area contributed by atoms with E-state index in [-0.39, 0.29) is 24.8 Å². The number of carbonyl (C=O) groups excluding carboxylic acids is 1. The average Bonchev–Trinajstić information content (AvgIpc) is 2.39. The van der Waals surface area contributed by atoms with Crippen molar-refractivity contribution in [2.45, 2.75) is 38.5 Å². The summed E-state index contributed by atoms with van der Waals surface area (Å²) in [7, 11) is 1.56. The summed E-state index contributed by atoms with van der Waals surface area (Å²) in [6, 6.07) is 2.70. The van der Waals surface area contributed by atoms with Gasteiger partial charge in [-0.25, -0.2) is 8.78 Å². The van der Waals surface area contributed by atoms with E-state index in [4.69, 9.17) is 0 Å². The van der Waals surface area contributed by atoms with Gasteiger partial charge >= 0.3 is 6.18 Å². The Hall–Kier alpha value is -1.66. The van der Waals surface area contributed by atoms with Crippen LogP contribution in [0.5, 0.6) is 0 Å². The van der Waals surface area contributed by atoms with Crippen molar-refractivity contribution in [1.29, 1.82) is 0 Å². The van der Waals surface area contributed by atoms with Crippen LogP contribution >= 0.6 is 0 Å². The first kappa shape index (κ1) is 18.4. The Morgan fingerprint density at radius 2 is 1.82 bits per heavy atom. The van der Waals surface area contributed by atoms with Crippen molar-refractivity contribution in [3.63, 3.8) is 0 Å². The predicted molar refractivity (Wildman–Crippen MR) is 72.5 cm³/mol. The number of rotatable bonds is 5. The summed E-state index contributed by atoms with van der Waals surface area (Å²) in [5.74, 6) is -1.62. The third kappa shape index (κ3) is 3.96. The highest BCUT2D eigenvalue weighted by molar-refractivity contribution is 5.78. The molecule has 1 aromatic carbocycles. The largest absolute Gasteiger partial charge is 0.426 e. The second-order valence-corrected chi connectivity index (χ2v) is 5.31. The van der Waals surface area contributed by atoms with Gasteiger partial charge in [0.15, 0.2) is 0 Å². The van der Waals surface area contributed by atoms with Crippen LogP contribution in [0.3, 0.4) is 0 Å². The van der Waals surface area contributed by atoms with E-state index in [1.54, 1.807) is 7.05 Å². The quantitative estimate of drug-likeness (QED) is 0.751. The lowest BCUT2D eigenvalue weighted by Crippen LogP contribution is -2.36. The van der Waals surface area contributed by atoms with Gasteiger partial charge in [-0.2, -0.15) is 13.2 Å². The Morgan fingerprint density at radius 1 is 1.23 bits per heavy atom. The van der Waals surface area contributed by atoms with Crippen LogP contribution in [-0.4, -0.2) is 30.6 Å². The normalized spacial score (nSPS) is 14.5. The third-order valence-electron chi connectivity index (χ3n) is 3.41. The first-order valence-corrected chi connectivity index (χ1v) is 6.79. The maximum Gasteiger partial charge on any atom is 0.426 e. The topological polar surface area (TPSA) is 20.3 Å². The molecule has 1 atom stereocenters. The molecule has 0 aliphatic carbocycles. The van der Waals surface area contributed by atoms with Crippen molar-refractivity contribution < 1.29 is 26.7 Å². The molecule has 2 nitrogen and oxygen atoms in total. The molecule has 1 amide bonds. The number of benzene rings is 1. The van der Waals surface area contributed by atoms with Gasteiger partial charge in [0.2, 0.25) is 11.6 Å². The molecule has 1 rings (SSSR count). The maximum absolute atomic E-state index is 13.9. The molecule has 124 valence electrons. The van der Waals surface area contributed by atoms with Crippen molar-refractivity contribution in [2.24, 2.45) is 0 Å². The Morgan fingerprint density at radius 3 is 2.32 bits per heavy atom. The predicted octanol–water partition coefficient (Wildman–Crippen LogP) is 3.98. The smallest absolute Gasteiger partial charge is 0.345 e. The second kappa shape index (κ2) is 6.62. The fourth-order valence-electron chi connectivity index (χ4n) is 1.96. The van der Waals surface area contributed by atoms with Crippen molar-refractivity contribution in [1.82, 2.24) is 4.90 Å². The molecule has 0 spiro atoms. The average molecular weight is 323 g/mol. The van der Waals surface area contributed by atoms with Gasteiger partial charge in [-0.05, 0) is 31.0 Å². The van der Waals surface area contributed by atoms with Crippen LogP contribution in [0, 0.1) is 5.82 Å². The monoisotopic (exact) mass is 323 g/mol. The highest BCUT2D eigenvalue weighted by atomic mass is 19.4. The minimum Gasteiger partial charge on any atom is -0.345 e. The molecule has 0 aliphatic rings. The van der Waals surface area contributed by atoms with Crippen molar-refractivity contribution >= 4 is 5.91 Å². The molecular weight excluding hydrogens is 305 g/mol. The number of amides is 1. The van der Waals surface area contributed by atoms with Crippen LogP contribution in [0.1, 0.15) is 31.4 Å². The van der Waals surface area contributed by atoms with Crippen molar-refractivity contribution in [2.75, 3.05) is 13.6 Å². The van der Waals surface area contributed by atoms with E-state index in [2.05, 4.69) is 0 Å². The van der Waals surface area contributed by atoms with E-state index in [9.17, 15) is 26.7 Å². The van der Waals surface area contributed by atoms with Crippen molar-refractivity contribution in [3.8, 4) is 0 Å². The zero-order valence-electron chi connectivity index (χ0n) is 12.6. The van der Waals surface area contributed by atoms with E-state index in [1.807, 2.05) is 6.92 Å². The lowest BCUT2D eigenvalue weighted by atomic mass is 9.94. The number of alkyl halides is 4. The molecule has 0 aromatic heterocycles. The van der Waals surface area contributed by atoms with Crippen LogP contribution in [0.2, 0.25) is 0 Å². The number of halogens is 5. The lowest BCUT2D eigenvalue weighted by Gasteiger charge is -2.25. The molecule has 0 radical (unpaired) electrons. The Bertz CT molecular complexity index is 539. The van der Waals surface area contributed by atoms with Crippen LogP contribution in [-0.2, 0) is 16.9 Å². The van der Waals surface area contributed by atoms with Gasteiger partial charge in [-0.3, -0.25) is 4.79 Å². The molecule has 0 N–H and O–H groups in total. The fraction of sp³-hybridized carbons (Fsp3) is 0.533. The fourth-order valence-corrected chi connectivity index (χ4v) is 1.96. The van der Waals surface area contributed by atoms with E-state index < -0.39 is 23.2 Å². The molecule has 0 bridgehead atoms. The minimum atomic E-state index is -5.24. The van der Waals surface area contributed by atoms with Gasteiger partial charge in [0.05, 0.1) is 6.42 Å². The first-order chi connectivity index (χ1) is 10.0. The van der Waals surface area contributed by atoms with Crippen LogP contribution in [0.15, 0.2) is 18.2 Å². The van der Waals surface area contributed by atoms with E-state index in [0.717, 1.165) is 18.6 Å². The van der Waals surface area contributed by atoms with Gasteiger partial charge in [-0.15, -0.1) is 0 Å². The molecule has 0 saturated heterocycles. The molecule has 1 aromatic rings. The number of hydrogen-bond acceptors (Lipinski definition) is 1. The van der Waals surface area contributed by atoms with Crippen LogP contribution in [0.25, 0.3) is 0 Å². The highest BCUT2D eigenvalue weighted by Gasteiger charge is 2.54. The Kier molecular flexibility index (Phi) is 5.54. The summed E-state index contributed by atoms with van der Waals surface area (Å²) >= 11 is 0. The van der Waals surface area contributed by atoms with Crippen LogP contribution in [0.4, 0.5) is 22.0 Å². The Labute approximate surface area is 125 Å². The SMILES string of the molecule is CCCN(C)C(=O)Cc1ccc(F)c(C(C)(F)C(F)(F)F)c1. The standard InChI is InChI=1S/C15H18F5NO/c1-4-7-21(3)13(22)9-10-5-6-12(16)11(8-10)14(2,17)15(18,19)20/h5-6,8H,4,7,9H2,1-3H3. The second-order valence-electron chi connectivity index (χ2n) is 5.31. The molecule has 7 heteroatoms. The van der Waals surface area contributed by atoms with Gasteiger partial charge in [0.1, 0.15) is 5.82 Å². The summed E-state index contributed by atoms with van der Waals surface area (Å²) in [6.45, 7) is 2.63. The molecule has 22 heavy (non-hydrogen) atoms. The summed E-state index contributed by atoms with van der Waals surface area (Å²) in [5.41, 5.74) is -4.79. The van der Waals surface area contributed by atoms with Gasteiger partial charge in [0.25, 0.3) is 0 Å². The van der Waals surface area contributed by atoms with Crippen molar-refractivity contribution in [3.05, 3.63) is 35.1 Å². The van der Waals surface area contributed by atoms with Gasteiger partial charge in [-0.1, -0.05) is 13.0 Å². The first-order valence-electron chi connectivity index (χ1n) is 6.79.